The molecule has 0 spiro atoms. The second kappa shape index (κ2) is 5.13. The molecule has 2 aromatic rings. The van der Waals surface area contributed by atoms with Crippen LogP contribution in [0, 0.1) is 0 Å². The van der Waals surface area contributed by atoms with E-state index in [9.17, 15) is 4.79 Å². The lowest BCUT2D eigenvalue weighted by Gasteiger charge is -2.07. The molecule has 0 fully saturated rings. The van der Waals surface area contributed by atoms with Crippen molar-refractivity contribution >= 4 is 27.7 Å². The Labute approximate surface area is 120 Å². The summed E-state index contributed by atoms with van der Waals surface area (Å²) in [5, 5.41) is 2.82. The fourth-order valence-corrected chi connectivity index (χ4v) is 2.72. The van der Waals surface area contributed by atoms with Crippen molar-refractivity contribution < 1.29 is 4.79 Å². The molecule has 0 bridgehead atoms. The normalized spacial score (nSPS) is 13.1. The first kappa shape index (κ1) is 12.4. The van der Waals surface area contributed by atoms with Gasteiger partial charge in [0.1, 0.15) is 5.82 Å². The summed E-state index contributed by atoms with van der Waals surface area (Å²) >= 11 is 3.37. The monoisotopic (exact) mass is 316 g/mol. The van der Waals surface area contributed by atoms with Crippen molar-refractivity contribution in [1.29, 1.82) is 0 Å². The van der Waals surface area contributed by atoms with Crippen molar-refractivity contribution in [2.45, 2.75) is 19.3 Å². The summed E-state index contributed by atoms with van der Waals surface area (Å²) in [6.07, 6.45) is 5.04. The van der Waals surface area contributed by atoms with E-state index in [4.69, 9.17) is 0 Å². The van der Waals surface area contributed by atoms with Crippen molar-refractivity contribution in [3.63, 3.8) is 0 Å². The van der Waals surface area contributed by atoms with Crippen LogP contribution in [0.3, 0.4) is 0 Å². The highest BCUT2D eigenvalue weighted by atomic mass is 79.9. The van der Waals surface area contributed by atoms with E-state index in [-0.39, 0.29) is 5.91 Å². The molecule has 0 unspecified atom stereocenters. The van der Waals surface area contributed by atoms with Crippen molar-refractivity contribution in [3.8, 4) is 0 Å². The van der Waals surface area contributed by atoms with E-state index in [1.165, 1.54) is 17.5 Å². The number of carbonyl (C=O) groups excluding carboxylic acids is 1. The van der Waals surface area contributed by atoms with Gasteiger partial charge < -0.3 is 5.32 Å². The molecule has 1 aromatic carbocycles. The van der Waals surface area contributed by atoms with Crippen molar-refractivity contribution in [2.75, 3.05) is 5.32 Å². The van der Waals surface area contributed by atoms with Crippen LogP contribution in [-0.4, -0.2) is 10.9 Å². The molecule has 1 heterocycles. The van der Waals surface area contributed by atoms with Crippen LogP contribution in [0.5, 0.6) is 0 Å². The summed E-state index contributed by atoms with van der Waals surface area (Å²) in [5.41, 5.74) is 3.36. The molecule has 3 rings (SSSR count). The molecular formula is C15H13BrN2O. The topological polar surface area (TPSA) is 42.0 Å². The predicted molar refractivity (Wildman–Crippen MR) is 78.4 cm³/mol. The van der Waals surface area contributed by atoms with Gasteiger partial charge in [0.2, 0.25) is 0 Å². The minimum atomic E-state index is -0.117. The van der Waals surface area contributed by atoms with Crippen molar-refractivity contribution in [1.82, 2.24) is 4.98 Å². The van der Waals surface area contributed by atoms with E-state index >= 15 is 0 Å². The van der Waals surface area contributed by atoms with E-state index < -0.39 is 0 Å². The SMILES string of the molecule is O=C(Nc1ncccc1Br)c1ccc2c(c1)CCC2. The average Bonchev–Trinajstić information content (AvgIpc) is 2.88. The molecule has 0 radical (unpaired) electrons. The summed E-state index contributed by atoms with van der Waals surface area (Å²) in [4.78, 5) is 16.3. The molecule has 1 aliphatic rings. The van der Waals surface area contributed by atoms with Gasteiger partial charge in [-0.3, -0.25) is 4.79 Å². The number of halogens is 1. The van der Waals surface area contributed by atoms with Crippen LogP contribution in [0.25, 0.3) is 0 Å². The van der Waals surface area contributed by atoms with Crippen LogP contribution in [-0.2, 0) is 12.8 Å². The summed E-state index contributed by atoms with van der Waals surface area (Å²) in [5.74, 6) is 0.432. The van der Waals surface area contributed by atoms with Gasteiger partial charge >= 0.3 is 0 Å². The largest absolute Gasteiger partial charge is 0.306 e. The minimum Gasteiger partial charge on any atom is -0.306 e. The highest BCUT2D eigenvalue weighted by Gasteiger charge is 2.14. The number of pyridine rings is 1. The van der Waals surface area contributed by atoms with Crippen LogP contribution in [0.15, 0.2) is 41.0 Å². The van der Waals surface area contributed by atoms with Crippen molar-refractivity contribution in [3.05, 3.63) is 57.7 Å². The summed E-state index contributed by atoms with van der Waals surface area (Å²) in [6.45, 7) is 0. The third-order valence-corrected chi connectivity index (χ3v) is 3.99. The zero-order chi connectivity index (χ0) is 13.2. The van der Waals surface area contributed by atoms with Gasteiger partial charge in [0.05, 0.1) is 4.47 Å². The molecule has 1 N–H and O–H groups in total. The molecule has 3 nitrogen and oxygen atoms in total. The third kappa shape index (κ3) is 2.54. The Balaban J connectivity index is 1.83. The maximum atomic E-state index is 12.2. The van der Waals surface area contributed by atoms with E-state index in [0.29, 0.717) is 11.4 Å². The molecule has 0 aliphatic heterocycles. The van der Waals surface area contributed by atoms with Gasteiger partial charge in [-0.05, 0) is 70.6 Å². The van der Waals surface area contributed by atoms with Gasteiger partial charge in [-0.25, -0.2) is 4.98 Å². The molecule has 19 heavy (non-hydrogen) atoms. The van der Waals surface area contributed by atoms with Crippen molar-refractivity contribution in [2.24, 2.45) is 0 Å². The van der Waals surface area contributed by atoms with E-state index in [1.54, 1.807) is 6.20 Å². The first-order valence-electron chi connectivity index (χ1n) is 6.28. The maximum Gasteiger partial charge on any atom is 0.256 e. The molecule has 1 aromatic heterocycles. The summed E-state index contributed by atoms with van der Waals surface area (Å²) in [7, 11) is 0. The molecule has 0 atom stereocenters. The standard InChI is InChI=1S/C15H13BrN2O/c16-13-5-2-8-17-14(13)18-15(19)12-7-6-10-3-1-4-11(10)9-12/h2,5-9H,1,3-4H2,(H,17,18,19). The number of fused-ring (bicyclic) bond motifs is 1. The number of anilines is 1. The number of rotatable bonds is 2. The second-order valence-electron chi connectivity index (χ2n) is 4.62. The highest BCUT2D eigenvalue weighted by molar-refractivity contribution is 9.10. The van der Waals surface area contributed by atoms with Gasteiger partial charge in [0, 0.05) is 11.8 Å². The van der Waals surface area contributed by atoms with Gasteiger partial charge in [0.15, 0.2) is 0 Å². The maximum absolute atomic E-state index is 12.2. The van der Waals surface area contributed by atoms with Crippen LogP contribution < -0.4 is 5.32 Å². The molecule has 4 heteroatoms. The predicted octanol–water partition coefficient (Wildman–Crippen LogP) is 3.59. The average molecular weight is 317 g/mol. The Kier molecular flexibility index (Phi) is 3.34. The smallest absolute Gasteiger partial charge is 0.256 e. The number of carbonyl (C=O) groups is 1. The Bertz CT molecular complexity index is 640. The fraction of sp³-hybridized carbons (Fsp3) is 0.200. The van der Waals surface area contributed by atoms with Crippen LogP contribution in [0.2, 0.25) is 0 Å². The molecular weight excluding hydrogens is 304 g/mol. The molecule has 96 valence electrons. The first-order chi connectivity index (χ1) is 9.24. The fourth-order valence-electron chi connectivity index (χ4n) is 2.37. The number of nitrogens with one attached hydrogen (secondary N) is 1. The number of nitrogens with zero attached hydrogens (tertiary/aromatic N) is 1. The number of hydrogen-bond acceptors (Lipinski definition) is 2. The lowest BCUT2D eigenvalue weighted by molar-refractivity contribution is 0.102. The van der Waals surface area contributed by atoms with Gasteiger partial charge in [-0.15, -0.1) is 0 Å². The molecule has 1 amide bonds. The summed E-state index contributed by atoms with van der Waals surface area (Å²) in [6, 6.07) is 9.61. The number of amides is 1. The number of hydrogen-bond donors (Lipinski definition) is 1. The van der Waals surface area contributed by atoms with E-state index in [2.05, 4.69) is 32.3 Å². The first-order valence-corrected chi connectivity index (χ1v) is 7.07. The number of aromatic nitrogens is 1. The van der Waals surface area contributed by atoms with Crippen LogP contribution >= 0.6 is 15.9 Å². The summed E-state index contributed by atoms with van der Waals surface area (Å²) < 4.78 is 0.782. The Morgan fingerprint density at radius 3 is 2.89 bits per heavy atom. The van der Waals surface area contributed by atoms with Crippen LogP contribution in [0.1, 0.15) is 27.9 Å². The lowest BCUT2D eigenvalue weighted by atomic mass is 10.1. The highest BCUT2D eigenvalue weighted by Crippen LogP contribution is 2.24. The van der Waals surface area contributed by atoms with E-state index in [1.807, 2.05) is 24.3 Å². The molecule has 1 aliphatic carbocycles. The zero-order valence-electron chi connectivity index (χ0n) is 10.3. The molecule has 0 saturated heterocycles. The zero-order valence-corrected chi connectivity index (χ0v) is 11.9. The van der Waals surface area contributed by atoms with Crippen LogP contribution in [0.4, 0.5) is 5.82 Å². The number of aryl methyl sites for hydroxylation is 2. The Hall–Kier alpha value is -1.68. The third-order valence-electron chi connectivity index (χ3n) is 3.35. The minimum absolute atomic E-state index is 0.117. The Morgan fingerprint density at radius 1 is 1.21 bits per heavy atom. The van der Waals surface area contributed by atoms with Gasteiger partial charge in [-0.2, -0.15) is 0 Å². The van der Waals surface area contributed by atoms with Gasteiger partial charge in [-0.1, -0.05) is 6.07 Å². The lowest BCUT2D eigenvalue weighted by Crippen LogP contribution is -2.13. The number of benzene rings is 1. The Morgan fingerprint density at radius 2 is 2.05 bits per heavy atom. The molecule has 0 saturated carbocycles. The quantitative estimate of drug-likeness (QED) is 0.920. The van der Waals surface area contributed by atoms with E-state index in [0.717, 1.165) is 17.3 Å². The van der Waals surface area contributed by atoms with Gasteiger partial charge in [0.25, 0.3) is 5.91 Å². The second-order valence-corrected chi connectivity index (χ2v) is 5.48.